The molecule has 0 N–H and O–H groups in total. The van der Waals surface area contributed by atoms with Crippen molar-refractivity contribution in [3.05, 3.63) is 41.6 Å². The van der Waals surface area contributed by atoms with Crippen molar-refractivity contribution in [1.82, 2.24) is 14.5 Å². The predicted molar refractivity (Wildman–Crippen MR) is 71.4 cm³/mol. The van der Waals surface area contributed by atoms with Crippen LogP contribution in [0.15, 0.2) is 24.5 Å². The fourth-order valence-corrected chi connectivity index (χ4v) is 1.96. The van der Waals surface area contributed by atoms with Crippen molar-refractivity contribution in [3.8, 4) is 5.82 Å². The molecule has 0 atom stereocenters. The number of hydrogen-bond donors (Lipinski definition) is 0. The zero-order valence-electron chi connectivity index (χ0n) is 11.4. The van der Waals surface area contributed by atoms with E-state index in [2.05, 4.69) is 16.9 Å². The van der Waals surface area contributed by atoms with Gasteiger partial charge in [-0.1, -0.05) is 6.92 Å². The highest BCUT2D eigenvalue weighted by Crippen LogP contribution is 2.14. The van der Waals surface area contributed by atoms with E-state index in [1.54, 1.807) is 25.3 Å². The van der Waals surface area contributed by atoms with Crippen LogP contribution in [0.2, 0.25) is 0 Å². The summed E-state index contributed by atoms with van der Waals surface area (Å²) in [6.45, 7) is 3.91. The quantitative estimate of drug-likeness (QED) is 0.791. The molecule has 0 aromatic carbocycles. The van der Waals surface area contributed by atoms with Crippen LogP contribution in [0.4, 0.5) is 0 Å². The number of esters is 1. The van der Waals surface area contributed by atoms with Crippen LogP contribution < -0.4 is 0 Å². The number of aromatic nitrogens is 3. The van der Waals surface area contributed by atoms with Gasteiger partial charge in [-0.15, -0.1) is 0 Å². The summed E-state index contributed by atoms with van der Waals surface area (Å²) in [6.07, 6.45) is 5.56. The summed E-state index contributed by atoms with van der Waals surface area (Å²) >= 11 is 0. The average molecular weight is 259 g/mol. The van der Waals surface area contributed by atoms with Crippen LogP contribution >= 0.6 is 0 Å². The Morgan fingerprint density at radius 2 is 2.21 bits per heavy atom. The van der Waals surface area contributed by atoms with Crippen LogP contribution in [0.25, 0.3) is 5.82 Å². The minimum Gasteiger partial charge on any atom is -0.465 e. The highest BCUT2D eigenvalue weighted by atomic mass is 16.5. The van der Waals surface area contributed by atoms with E-state index in [0.29, 0.717) is 11.3 Å². The van der Waals surface area contributed by atoms with Crippen LogP contribution in [-0.4, -0.2) is 27.6 Å². The number of pyridine rings is 1. The number of hydrogen-bond acceptors (Lipinski definition) is 4. The van der Waals surface area contributed by atoms with Gasteiger partial charge in [0.15, 0.2) is 0 Å². The van der Waals surface area contributed by atoms with E-state index in [9.17, 15) is 4.79 Å². The topological polar surface area (TPSA) is 57.0 Å². The average Bonchev–Trinajstić information content (AvgIpc) is 2.86. The first-order valence-corrected chi connectivity index (χ1v) is 6.26. The second-order valence-electron chi connectivity index (χ2n) is 4.26. The molecule has 5 nitrogen and oxygen atoms in total. The van der Waals surface area contributed by atoms with Crippen LogP contribution in [0, 0.1) is 6.92 Å². The number of ether oxygens (including phenoxy) is 1. The maximum Gasteiger partial charge on any atom is 0.339 e. The van der Waals surface area contributed by atoms with Gasteiger partial charge in [-0.2, -0.15) is 0 Å². The molecule has 0 bridgehead atoms. The molecule has 0 aliphatic carbocycles. The van der Waals surface area contributed by atoms with Gasteiger partial charge in [-0.25, -0.2) is 14.8 Å². The summed E-state index contributed by atoms with van der Waals surface area (Å²) in [6, 6.07) is 3.54. The normalized spacial score (nSPS) is 10.5. The minimum atomic E-state index is -0.365. The van der Waals surface area contributed by atoms with Crippen molar-refractivity contribution in [1.29, 1.82) is 0 Å². The van der Waals surface area contributed by atoms with Gasteiger partial charge in [0.25, 0.3) is 0 Å². The van der Waals surface area contributed by atoms with E-state index < -0.39 is 0 Å². The maximum absolute atomic E-state index is 11.5. The Bertz CT molecular complexity index is 590. The smallest absolute Gasteiger partial charge is 0.339 e. The molecule has 0 spiro atoms. The number of carbonyl (C=O) groups excluding carboxylic acids is 1. The van der Waals surface area contributed by atoms with Gasteiger partial charge in [-0.3, -0.25) is 4.57 Å². The number of methoxy groups -OCH3 is 1. The lowest BCUT2D eigenvalue weighted by atomic mass is 10.2. The van der Waals surface area contributed by atoms with E-state index in [1.807, 2.05) is 10.8 Å². The Morgan fingerprint density at radius 1 is 1.42 bits per heavy atom. The number of nitrogens with zero attached hydrogens (tertiary/aromatic N) is 3. The lowest BCUT2D eigenvalue weighted by Gasteiger charge is -2.09. The number of aryl methyl sites for hydroxylation is 2. The molecule has 2 aromatic rings. The molecule has 2 heterocycles. The first-order chi connectivity index (χ1) is 9.17. The summed E-state index contributed by atoms with van der Waals surface area (Å²) < 4.78 is 6.65. The lowest BCUT2D eigenvalue weighted by molar-refractivity contribution is 0.0599. The molecule has 2 rings (SSSR count). The molecule has 5 heteroatoms. The third-order valence-corrected chi connectivity index (χ3v) is 2.91. The monoisotopic (exact) mass is 259 g/mol. The van der Waals surface area contributed by atoms with Crippen molar-refractivity contribution in [3.63, 3.8) is 0 Å². The SMILES string of the molecule is CCCc1nccn1-c1ccc(C(=O)OC)c(C)n1. The molecular weight excluding hydrogens is 242 g/mol. The Labute approximate surface area is 112 Å². The Kier molecular flexibility index (Phi) is 3.94. The first-order valence-electron chi connectivity index (χ1n) is 6.26. The Hall–Kier alpha value is -2.17. The maximum atomic E-state index is 11.5. The van der Waals surface area contributed by atoms with Gasteiger partial charge in [0.05, 0.1) is 18.4 Å². The van der Waals surface area contributed by atoms with E-state index in [1.165, 1.54) is 7.11 Å². The molecule has 0 radical (unpaired) electrons. The van der Waals surface area contributed by atoms with Crippen molar-refractivity contribution >= 4 is 5.97 Å². The summed E-state index contributed by atoms with van der Waals surface area (Å²) in [5.74, 6) is 1.38. The molecule has 0 saturated heterocycles. The predicted octanol–water partition coefficient (Wildman–Crippen LogP) is 2.31. The van der Waals surface area contributed by atoms with Crippen molar-refractivity contribution in [2.45, 2.75) is 26.7 Å². The fraction of sp³-hybridized carbons (Fsp3) is 0.357. The number of imidazole rings is 1. The van der Waals surface area contributed by atoms with Gasteiger partial charge in [-0.05, 0) is 25.5 Å². The standard InChI is InChI=1S/C14H17N3O2/c1-4-5-12-15-8-9-17(12)13-7-6-11(10(2)16-13)14(18)19-3/h6-9H,4-5H2,1-3H3. The zero-order chi connectivity index (χ0) is 13.8. The second-order valence-corrected chi connectivity index (χ2v) is 4.26. The summed E-state index contributed by atoms with van der Waals surface area (Å²) in [5, 5.41) is 0. The molecule has 0 fully saturated rings. The Balaban J connectivity index is 2.39. The lowest BCUT2D eigenvalue weighted by Crippen LogP contribution is -2.08. The van der Waals surface area contributed by atoms with Crippen LogP contribution in [0.3, 0.4) is 0 Å². The molecular formula is C14H17N3O2. The highest BCUT2D eigenvalue weighted by Gasteiger charge is 2.12. The molecule has 100 valence electrons. The van der Waals surface area contributed by atoms with E-state index in [0.717, 1.165) is 24.5 Å². The van der Waals surface area contributed by atoms with E-state index >= 15 is 0 Å². The van der Waals surface area contributed by atoms with Crippen molar-refractivity contribution in [2.75, 3.05) is 7.11 Å². The second kappa shape index (κ2) is 5.65. The molecule has 0 unspecified atom stereocenters. The Morgan fingerprint density at radius 3 is 2.84 bits per heavy atom. The molecule has 2 aromatic heterocycles. The third-order valence-electron chi connectivity index (χ3n) is 2.91. The van der Waals surface area contributed by atoms with Crippen molar-refractivity contribution < 1.29 is 9.53 Å². The van der Waals surface area contributed by atoms with Gasteiger partial charge >= 0.3 is 5.97 Å². The number of carbonyl (C=O) groups is 1. The molecule has 19 heavy (non-hydrogen) atoms. The van der Waals surface area contributed by atoms with Gasteiger partial charge in [0.2, 0.25) is 0 Å². The van der Waals surface area contributed by atoms with Gasteiger partial charge in [0.1, 0.15) is 11.6 Å². The fourth-order valence-electron chi connectivity index (χ4n) is 1.96. The summed E-state index contributed by atoms with van der Waals surface area (Å²) in [4.78, 5) is 20.3. The van der Waals surface area contributed by atoms with Gasteiger partial charge < -0.3 is 4.74 Å². The van der Waals surface area contributed by atoms with Crippen LogP contribution in [-0.2, 0) is 11.2 Å². The molecule has 0 aliphatic heterocycles. The summed E-state index contributed by atoms with van der Waals surface area (Å²) in [5.41, 5.74) is 1.14. The summed E-state index contributed by atoms with van der Waals surface area (Å²) in [7, 11) is 1.37. The first kappa shape index (κ1) is 13.3. The minimum absolute atomic E-state index is 0.365. The van der Waals surface area contributed by atoms with Crippen molar-refractivity contribution in [2.24, 2.45) is 0 Å². The van der Waals surface area contributed by atoms with Crippen LogP contribution in [0.1, 0.15) is 35.2 Å². The highest BCUT2D eigenvalue weighted by molar-refractivity contribution is 5.90. The molecule has 0 amide bonds. The molecule has 0 aliphatic rings. The van der Waals surface area contributed by atoms with E-state index in [4.69, 9.17) is 4.74 Å². The zero-order valence-corrected chi connectivity index (χ0v) is 11.4. The van der Waals surface area contributed by atoms with E-state index in [-0.39, 0.29) is 5.97 Å². The number of rotatable bonds is 4. The van der Waals surface area contributed by atoms with Crippen LogP contribution in [0.5, 0.6) is 0 Å². The molecule has 0 saturated carbocycles. The third kappa shape index (κ3) is 2.65. The van der Waals surface area contributed by atoms with Gasteiger partial charge in [0, 0.05) is 18.8 Å². The largest absolute Gasteiger partial charge is 0.465 e.